The maximum Gasteiger partial charge on any atom is 0.141 e. The molecule has 0 aliphatic rings. The Labute approximate surface area is 108 Å². The molecule has 1 unspecified atom stereocenters. The summed E-state index contributed by atoms with van der Waals surface area (Å²) < 4.78 is 5.09. The van der Waals surface area contributed by atoms with E-state index in [0.29, 0.717) is 13.0 Å². The van der Waals surface area contributed by atoms with Crippen molar-refractivity contribution >= 4 is 11.5 Å². The Balaban J connectivity index is 2.65. The summed E-state index contributed by atoms with van der Waals surface area (Å²) in [5.74, 6) is 0.226. The maximum absolute atomic E-state index is 8.54. The van der Waals surface area contributed by atoms with Crippen molar-refractivity contribution in [3.63, 3.8) is 0 Å². The topological polar surface area (TPSA) is 79.9 Å². The van der Waals surface area contributed by atoms with Gasteiger partial charge in [-0.2, -0.15) is 0 Å². The lowest BCUT2D eigenvalue weighted by molar-refractivity contribution is 0.202. The van der Waals surface area contributed by atoms with E-state index in [4.69, 9.17) is 15.7 Å². The number of para-hydroxylation sites is 1. The summed E-state index contributed by atoms with van der Waals surface area (Å²) in [6.07, 6.45) is 1.35. The van der Waals surface area contributed by atoms with Crippen LogP contribution in [0.15, 0.2) is 29.4 Å². The van der Waals surface area contributed by atoms with Gasteiger partial charge in [-0.1, -0.05) is 23.4 Å². The van der Waals surface area contributed by atoms with Crippen molar-refractivity contribution in [2.75, 3.05) is 19.0 Å². The van der Waals surface area contributed by atoms with Crippen LogP contribution in [0.5, 0.6) is 0 Å². The molecule has 0 amide bonds. The monoisotopic (exact) mass is 251 g/mol. The van der Waals surface area contributed by atoms with Crippen LogP contribution in [-0.2, 0) is 11.2 Å². The molecule has 1 aromatic carbocycles. The number of methoxy groups -OCH3 is 1. The standard InChI is InChI=1S/C13H21N3O2/c1-10(9-13(14)16-17)15-12-6-4-3-5-11(12)7-8-18-2/h3-6,10,15,17H,7-9H2,1-2H3,(H2,14,16). The van der Waals surface area contributed by atoms with Gasteiger partial charge in [0.2, 0.25) is 0 Å². The molecule has 1 aromatic rings. The second-order valence-corrected chi connectivity index (χ2v) is 4.24. The van der Waals surface area contributed by atoms with E-state index < -0.39 is 0 Å². The van der Waals surface area contributed by atoms with Gasteiger partial charge in [-0.3, -0.25) is 0 Å². The summed E-state index contributed by atoms with van der Waals surface area (Å²) in [5, 5.41) is 14.9. The average molecular weight is 251 g/mol. The highest BCUT2D eigenvalue weighted by atomic mass is 16.5. The van der Waals surface area contributed by atoms with Gasteiger partial charge in [0, 0.05) is 25.3 Å². The zero-order chi connectivity index (χ0) is 13.4. The summed E-state index contributed by atoms with van der Waals surface area (Å²) in [6.45, 7) is 2.68. The molecule has 1 rings (SSSR count). The SMILES string of the molecule is COCCc1ccccc1NC(C)C/C(N)=N/O. The molecule has 0 bridgehead atoms. The number of nitrogens with zero attached hydrogens (tertiary/aromatic N) is 1. The molecule has 0 saturated carbocycles. The summed E-state index contributed by atoms with van der Waals surface area (Å²) >= 11 is 0. The lowest BCUT2D eigenvalue weighted by atomic mass is 10.1. The van der Waals surface area contributed by atoms with Crippen LogP contribution in [0, 0.1) is 0 Å². The minimum Gasteiger partial charge on any atom is -0.409 e. The van der Waals surface area contributed by atoms with Gasteiger partial charge in [-0.15, -0.1) is 0 Å². The molecular formula is C13H21N3O2. The van der Waals surface area contributed by atoms with Crippen molar-refractivity contribution in [2.24, 2.45) is 10.9 Å². The molecule has 5 heteroatoms. The number of oxime groups is 1. The van der Waals surface area contributed by atoms with Crippen molar-refractivity contribution in [1.29, 1.82) is 0 Å². The molecular weight excluding hydrogens is 230 g/mol. The number of amidine groups is 1. The van der Waals surface area contributed by atoms with E-state index in [9.17, 15) is 0 Å². The fourth-order valence-corrected chi connectivity index (χ4v) is 1.76. The number of hydrogen-bond acceptors (Lipinski definition) is 4. The summed E-state index contributed by atoms with van der Waals surface area (Å²) in [5.41, 5.74) is 7.75. The van der Waals surface area contributed by atoms with Gasteiger partial charge >= 0.3 is 0 Å². The van der Waals surface area contributed by atoms with Crippen LogP contribution in [0.2, 0.25) is 0 Å². The molecule has 100 valence electrons. The fraction of sp³-hybridized carbons (Fsp3) is 0.462. The highest BCUT2D eigenvalue weighted by Crippen LogP contribution is 2.17. The third-order valence-corrected chi connectivity index (χ3v) is 2.64. The summed E-state index contributed by atoms with van der Waals surface area (Å²) in [4.78, 5) is 0. The van der Waals surface area contributed by atoms with Gasteiger partial charge in [0.25, 0.3) is 0 Å². The lowest BCUT2D eigenvalue weighted by Gasteiger charge is -2.17. The van der Waals surface area contributed by atoms with E-state index in [2.05, 4.69) is 16.5 Å². The molecule has 0 radical (unpaired) electrons. The van der Waals surface area contributed by atoms with Crippen molar-refractivity contribution in [2.45, 2.75) is 25.8 Å². The van der Waals surface area contributed by atoms with Crippen LogP contribution in [0.25, 0.3) is 0 Å². The number of benzene rings is 1. The Bertz CT molecular complexity index is 394. The number of nitrogens with one attached hydrogen (secondary N) is 1. The molecule has 4 N–H and O–H groups in total. The van der Waals surface area contributed by atoms with E-state index in [1.807, 2.05) is 25.1 Å². The third-order valence-electron chi connectivity index (χ3n) is 2.64. The van der Waals surface area contributed by atoms with Crippen molar-refractivity contribution < 1.29 is 9.94 Å². The lowest BCUT2D eigenvalue weighted by Crippen LogP contribution is -2.24. The third kappa shape index (κ3) is 4.63. The highest BCUT2D eigenvalue weighted by molar-refractivity contribution is 5.80. The van der Waals surface area contributed by atoms with E-state index in [1.165, 1.54) is 5.56 Å². The number of ether oxygens (including phenoxy) is 1. The Hall–Kier alpha value is -1.75. The van der Waals surface area contributed by atoms with Crippen LogP contribution in [0.4, 0.5) is 5.69 Å². The maximum atomic E-state index is 8.54. The predicted octanol–water partition coefficient (Wildman–Crippen LogP) is 1.81. The van der Waals surface area contributed by atoms with Gasteiger partial charge in [-0.25, -0.2) is 0 Å². The number of rotatable bonds is 7. The molecule has 1 atom stereocenters. The first kappa shape index (κ1) is 14.3. The van der Waals surface area contributed by atoms with Crippen LogP contribution in [0.3, 0.4) is 0 Å². The van der Waals surface area contributed by atoms with Crippen LogP contribution in [-0.4, -0.2) is 30.8 Å². The molecule has 0 saturated heterocycles. The van der Waals surface area contributed by atoms with E-state index in [1.54, 1.807) is 7.11 Å². The number of hydrogen-bond donors (Lipinski definition) is 3. The quantitative estimate of drug-likeness (QED) is 0.299. The van der Waals surface area contributed by atoms with Crippen molar-refractivity contribution in [3.05, 3.63) is 29.8 Å². The predicted molar refractivity (Wildman–Crippen MR) is 73.1 cm³/mol. The normalized spacial score (nSPS) is 13.3. The van der Waals surface area contributed by atoms with Gasteiger partial charge < -0.3 is 21.0 Å². The minimum atomic E-state index is 0.101. The Kier molecular flexibility index (Phi) is 6.00. The van der Waals surface area contributed by atoms with E-state index in [0.717, 1.165) is 12.1 Å². The van der Waals surface area contributed by atoms with Crippen molar-refractivity contribution in [3.8, 4) is 0 Å². The second-order valence-electron chi connectivity index (χ2n) is 4.24. The second kappa shape index (κ2) is 7.55. The fourth-order valence-electron chi connectivity index (χ4n) is 1.76. The van der Waals surface area contributed by atoms with Gasteiger partial charge in [0.05, 0.1) is 6.61 Å². The van der Waals surface area contributed by atoms with E-state index >= 15 is 0 Å². The molecule has 0 spiro atoms. The zero-order valence-corrected chi connectivity index (χ0v) is 10.9. The van der Waals surface area contributed by atoms with Gasteiger partial charge in [0.1, 0.15) is 5.84 Å². The van der Waals surface area contributed by atoms with Crippen LogP contribution in [0.1, 0.15) is 18.9 Å². The summed E-state index contributed by atoms with van der Waals surface area (Å²) in [7, 11) is 1.69. The highest BCUT2D eigenvalue weighted by Gasteiger charge is 2.07. The van der Waals surface area contributed by atoms with Crippen LogP contribution < -0.4 is 11.1 Å². The molecule has 0 heterocycles. The minimum absolute atomic E-state index is 0.101. The number of anilines is 1. The first-order chi connectivity index (χ1) is 8.67. The van der Waals surface area contributed by atoms with Crippen molar-refractivity contribution in [1.82, 2.24) is 0 Å². The zero-order valence-electron chi connectivity index (χ0n) is 10.9. The Morgan fingerprint density at radius 1 is 1.50 bits per heavy atom. The molecule has 0 aliphatic heterocycles. The molecule has 0 aromatic heterocycles. The van der Waals surface area contributed by atoms with E-state index in [-0.39, 0.29) is 11.9 Å². The first-order valence-corrected chi connectivity index (χ1v) is 5.97. The molecule has 0 fully saturated rings. The molecule has 5 nitrogen and oxygen atoms in total. The Morgan fingerprint density at radius 2 is 2.22 bits per heavy atom. The van der Waals surface area contributed by atoms with Crippen LogP contribution >= 0.6 is 0 Å². The largest absolute Gasteiger partial charge is 0.409 e. The molecule has 0 aliphatic carbocycles. The summed E-state index contributed by atoms with van der Waals surface area (Å²) in [6, 6.07) is 8.18. The smallest absolute Gasteiger partial charge is 0.141 e. The number of nitrogens with two attached hydrogens (primary N) is 1. The first-order valence-electron chi connectivity index (χ1n) is 5.97. The average Bonchev–Trinajstić information content (AvgIpc) is 2.37. The van der Waals surface area contributed by atoms with Gasteiger partial charge in [0.15, 0.2) is 0 Å². The van der Waals surface area contributed by atoms with Gasteiger partial charge in [-0.05, 0) is 25.0 Å². The molecule has 18 heavy (non-hydrogen) atoms. The Morgan fingerprint density at radius 3 is 2.89 bits per heavy atom.